The largest absolute Gasteiger partial charge is 0.480 e. The molecule has 0 saturated heterocycles. The summed E-state index contributed by atoms with van der Waals surface area (Å²) in [7, 11) is 0. The lowest BCUT2D eigenvalue weighted by atomic mass is 9.97. The molecule has 0 fully saturated rings. The highest BCUT2D eigenvalue weighted by molar-refractivity contribution is 5.96. The Labute approximate surface area is 197 Å². The Kier molecular flexibility index (Phi) is 7.77. The van der Waals surface area contributed by atoms with Crippen LogP contribution in [0.2, 0.25) is 0 Å². The number of aromatic nitrogens is 1. The van der Waals surface area contributed by atoms with E-state index in [9.17, 15) is 9.59 Å². The van der Waals surface area contributed by atoms with E-state index in [4.69, 9.17) is 24.1 Å². The van der Waals surface area contributed by atoms with Gasteiger partial charge in [-0.15, -0.1) is 0 Å². The summed E-state index contributed by atoms with van der Waals surface area (Å²) in [6.07, 6.45) is 6.88. The molecule has 1 aromatic carbocycles. The van der Waals surface area contributed by atoms with Crippen molar-refractivity contribution < 1.29 is 33.6 Å². The molecule has 0 saturated carbocycles. The number of nitrogens with one attached hydrogen (secondary N) is 1. The lowest BCUT2D eigenvalue weighted by molar-refractivity contribution is -0.144. The lowest BCUT2D eigenvalue weighted by Gasteiger charge is -2.22. The number of nitrogens with zero attached hydrogens (tertiary/aromatic N) is 1. The van der Waals surface area contributed by atoms with Crippen molar-refractivity contribution in [2.75, 3.05) is 13.2 Å². The first-order chi connectivity index (χ1) is 16.6. The topological polar surface area (TPSA) is 116 Å². The second kappa shape index (κ2) is 11.3. The van der Waals surface area contributed by atoms with Crippen LogP contribution in [-0.2, 0) is 25.4 Å². The van der Waals surface area contributed by atoms with Gasteiger partial charge in [-0.2, -0.15) is 0 Å². The summed E-state index contributed by atoms with van der Waals surface area (Å²) in [5.41, 5.74) is 2.41. The number of amides is 1. The second-order valence-electron chi connectivity index (χ2n) is 7.91. The molecule has 0 radical (unpaired) electrons. The minimum atomic E-state index is -0.978. The van der Waals surface area contributed by atoms with Crippen LogP contribution in [0.15, 0.2) is 72.5 Å². The number of hydrogen-bond acceptors (Lipinski definition) is 7. The van der Waals surface area contributed by atoms with E-state index in [0.29, 0.717) is 25.8 Å². The zero-order valence-electron chi connectivity index (χ0n) is 18.5. The fraction of sp³-hybridized carbons (Fsp3) is 0.320. The van der Waals surface area contributed by atoms with Gasteiger partial charge in [0.05, 0.1) is 6.10 Å². The Balaban J connectivity index is 1.28. The molecule has 4 rings (SSSR count). The first-order valence-corrected chi connectivity index (χ1v) is 11.1. The third-order valence-electron chi connectivity index (χ3n) is 5.40. The number of aliphatic carboxylic acids is 1. The fourth-order valence-electron chi connectivity index (χ4n) is 3.66. The maximum Gasteiger partial charge on any atom is 0.329 e. The van der Waals surface area contributed by atoms with E-state index in [2.05, 4.69) is 10.3 Å². The predicted molar refractivity (Wildman–Crippen MR) is 121 cm³/mol. The van der Waals surface area contributed by atoms with Crippen LogP contribution in [0.25, 0.3) is 0 Å². The smallest absolute Gasteiger partial charge is 0.329 e. The van der Waals surface area contributed by atoms with Crippen molar-refractivity contribution in [2.45, 2.75) is 38.1 Å². The van der Waals surface area contributed by atoms with Gasteiger partial charge in [0.15, 0.2) is 6.26 Å². The minimum Gasteiger partial charge on any atom is -0.480 e. The molecular formula is C25H26N2O7. The van der Waals surface area contributed by atoms with E-state index in [0.717, 1.165) is 17.6 Å². The molecule has 34 heavy (non-hydrogen) atoms. The van der Waals surface area contributed by atoms with Crippen LogP contribution < -0.4 is 10.1 Å². The van der Waals surface area contributed by atoms with Crippen LogP contribution in [0.3, 0.4) is 0 Å². The standard InChI is InChI=1S/C25H26N2O7/c28-21(29)15-31-19-10-8-18(9-11-19)14-27-24(30)20-7-4-12-26-25(20)34-23-16-32-22(33-23)13-17-5-2-1-3-6-17/h1-8,12,16,19,22H,9-11,13-15H2,(H,27,30)(H,28,29). The van der Waals surface area contributed by atoms with Gasteiger partial charge in [-0.25, -0.2) is 9.78 Å². The average molecular weight is 466 g/mol. The highest BCUT2D eigenvalue weighted by Crippen LogP contribution is 2.24. The molecule has 2 aromatic rings. The van der Waals surface area contributed by atoms with E-state index < -0.39 is 12.3 Å². The Morgan fingerprint density at radius 1 is 1.18 bits per heavy atom. The highest BCUT2D eigenvalue weighted by Gasteiger charge is 2.24. The van der Waals surface area contributed by atoms with Crippen LogP contribution in [-0.4, -0.2) is 47.5 Å². The normalized spacial score (nSPS) is 19.3. The molecule has 2 N–H and O–H groups in total. The monoisotopic (exact) mass is 466 g/mol. The predicted octanol–water partition coefficient (Wildman–Crippen LogP) is 3.18. The molecule has 1 aliphatic carbocycles. The van der Waals surface area contributed by atoms with Crippen LogP contribution in [0, 0.1) is 0 Å². The molecule has 2 aliphatic rings. The van der Waals surface area contributed by atoms with Gasteiger partial charge in [0.2, 0.25) is 12.2 Å². The number of carboxylic acid groups (broad SMARTS) is 1. The zero-order valence-corrected chi connectivity index (χ0v) is 18.5. The molecule has 9 nitrogen and oxygen atoms in total. The number of carbonyl (C=O) groups is 2. The second-order valence-corrected chi connectivity index (χ2v) is 7.91. The quantitative estimate of drug-likeness (QED) is 0.513. The third kappa shape index (κ3) is 6.58. The molecule has 1 aromatic heterocycles. The van der Waals surface area contributed by atoms with Crippen molar-refractivity contribution in [3.8, 4) is 5.88 Å². The molecule has 0 bridgehead atoms. The van der Waals surface area contributed by atoms with Crippen molar-refractivity contribution in [1.29, 1.82) is 0 Å². The average Bonchev–Trinajstić information content (AvgIpc) is 3.29. The summed E-state index contributed by atoms with van der Waals surface area (Å²) in [5.74, 6) is -1.05. The molecule has 178 valence electrons. The van der Waals surface area contributed by atoms with E-state index >= 15 is 0 Å². The minimum absolute atomic E-state index is 0.110. The molecule has 1 aliphatic heterocycles. The van der Waals surface area contributed by atoms with Gasteiger partial charge in [-0.05, 0) is 37.0 Å². The van der Waals surface area contributed by atoms with Gasteiger partial charge in [0.1, 0.15) is 12.2 Å². The van der Waals surface area contributed by atoms with Crippen molar-refractivity contribution in [3.05, 3.63) is 83.6 Å². The number of hydrogen-bond donors (Lipinski definition) is 2. The van der Waals surface area contributed by atoms with Gasteiger partial charge >= 0.3 is 11.9 Å². The first-order valence-electron chi connectivity index (χ1n) is 11.1. The molecule has 2 atom stereocenters. The summed E-state index contributed by atoms with van der Waals surface area (Å²) >= 11 is 0. The van der Waals surface area contributed by atoms with Gasteiger partial charge in [0.25, 0.3) is 5.91 Å². The Bertz CT molecular complexity index is 1070. The maximum absolute atomic E-state index is 12.8. The Morgan fingerprint density at radius 3 is 2.79 bits per heavy atom. The van der Waals surface area contributed by atoms with Gasteiger partial charge in [0, 0.05) is 19.2 Å². The SMILES string of the molecule is O=C(O)COC1CC=C(CNC(=O)c2cccnc2OC2=COC(Cc3ccccc3)O2)CC1. The molecule has 2 heterocycles. The number of ether oxygens (including phenoxy) is 4. The number of pyridine rings is 1. The van der Waals surface area contributed by atoms with Crippen molar-refractivity contribution in [3.63, 3.8) is 0 Å². The van der Waals surface area contributed by atoms with Crippen molar-refractivity contribution >= 4 is 11.9 Å². The van der Waals surface area contributed by atoms with E-state index in [1.54, 1.807) is 12.1 Å². The number of carboxylic acids is 1. The molecule has 1 amide bonds. The van der Waals surface area contributed by atoms with Crippen molar-refractivity contribution in [2.24, 2.45) is 0 Å². The summed E-state index contributed by atoms with van der Waals surface area (Å²) in [5, 5.41) is 11.6. The first kappa shape index (κ1) is 23.3. The van der Waals surface area contributed by atoms with Crippen molar-refractivity contribution in [1.82, 2.24) is 10.3 Å². The summed E-state index contributed by atoms with van der Waals surface area (Å²) in [6, 6.07) is 13.1. The van der Waals surface area contributed by atoms with Gasteiger partial charge in [-0.1, -0.05) is 42.0 Å². The van der Waals surface area contributed by atoms with E-state index in [1.165, 1.54) is 12.5 Å². The van der Waals surface area contributed by atoms with Crippen LogP contribution in [0.4, 0.5) is 0 Å². The molecule has 9 heteroatoms. The maximum atomic E-state index is 12.8. The highest BCUT2D eigenvalue weighted by atomic mass is 16.8. The summed E-state index contributed by atoms with van der Waals surface area (Å²) < 4.78 is 22.2. The molecule has 2 unspecified atom stereocenters. The fourth-order valence-corrected chi connectivity index (χ4v) is 3.66. The summed E-state index contributed by atoms with van der Waals surface area (Å²) in [4.78, 5) is 27.6. The number of benzene rings is 1. The summed E-state index contributed by atoms with van der Waals surface area (Å²) in [6.45, 7) is 0.0762. The van der Waals surface area contributed by atoms with Gasteiger partial charge < -0.3 is 29.4 Å². The molecule has 0 spiro atoms. The van der Waals surface area contributed by atoms with Gasteiger partial charge in [-0.3, -0.25) is 4.79 Å². The Hall–Kier alpha value is -3.85. The lowest BCUT2D eigenvalue weighted by Crippen LogP contribution is -2.28. The van der Waals surface area contributed by atoms with E-state index in [-0.39, 0.29) is 36.0 Å². The van der Waals surface area contributed by atoms with Crippen LogP contribution >= 0.6 is 0 Å². The van der Waals surface area contributed by atoms with E-state index in [1.807, 2.05) is 36.4 Å². The molecular weight excluding hydrogens is 440 g/mol. The Morgan fingerprint density at radius 2 is 2.03 bits per heavy atom. The van der Waals surface area contributed by atoms with Crippen LogP contribution in [0.5, 0.6) is 5.88 Å². The number of rotatable bonds is 10. The number of carbonyl (C=O) groups excluding carboxylic acids is 1. The zero-order chi connectivity index (χ0) is 23.8. The van der Waals surface area contributed by atoms with Crippen LogP contribution in [0.1, 0.15) is 35.2 Å². The third-order valence-corrected chi connectivity index (χ3v) is 5.40.